The molecule has 0 amide bonds. The molecule has 0 aliphatic heterocycles. The van der Waals surface area contributed by atoms with E-state index in [-0.39, 0.29) is 5.69 Å². The Hall–Kier alpha value is -1.43. The number of nitrogens with one attached hydrogen (secondary N) is 1. The van der Waals surface area contributed by atoms with E-state index in [1.165, 1.54) is 15.8 Å². The Morgan fingerprint density at radius 3 is 2.74 bits per heavy atom. The molecule has 0 atom stereocenters. The summed E-state index contributed by atoms with van der Waals surface area (Å²) in [4.78, 5) is 13.0. The molecule has 0 bridgehead atoms. The van der Waals surface area contributed by atoms with Crippen molar-refractivity contribution in [3.8, 4) is 0 Å². The highest BCUT2D eigenvalue weighted by Crippen LogP contribution is 2.26. The number of rotatable bonds is 5. The molecule has 2 rings (SSSR count). The minimum atomic E-state index is -0.405. The van der Waals surface area contributed by atoms with Crippen LogP contribution in [0.3, 0.4) is 0 Å². The number of hydrogen-bond acceptors (Lipinski definition) is 4. The standard InChI is InChI=1S/C13H13ClN2O2S/c1-9-5-6-10(19-9)7-15-8-11-12(14)3-2-4-13(11)16(17)18/h2-6,15H,7-8H2,1H3. The van der Waals surface area contributed by atoms with Crippen LogP contribution in [0.4, 0.5) is 5.69 Å². The first kappa shape index (κ1) is 14.0. The summed E-state index contributed by atoms with van der Waals surface area (Å²) in [6.07, 6.45) is 0. The van der Waals surface area contributed by atoms with Crippen molar-refractivity contribution in [1.29, 1.82) is 0 Å². The molecule has 4 nitrogen and oxygen atoms in total. The van der Waals surface area contributed by atoms with Crippen molar-refractivity contribution in [3.63, 3.8) is 0 Å². The largest absolute Gasteiger partial charge is 0.307 e. The number of nitro groups is 1. The summed E-state index contributed by atoms with van der Waals surface area (Å²) in [5.74, 6) is 0. The van der Waals surface area contributed by atoms with Gasteiger partial charge in [-0.2, -0.15) is 0 Å². The van der Waals surface area contributed by atoms with Gasteiger partial charge in [-0.05, 0) is 25.1 Å². The molecule has 100 valence electrons. The predicted molar refractivity (Wildman–Crippen MR) is 77.7 cm³/mol. The molecule has 1 heterocycles. The zero-order valence-corrected chi connectivity index (χ0v) is 11.9. The van der Waals surface area contributed by atoms with Crippen LogP contribution in [0.25, 0.3) is 0 Å². The van der Waals surface area contributed by atoms with Crippen LogP contribution < -0.4 is 5.32 Å². The molecule has 0 unspecified atom stereocenters. The normalized spacial score (nSPS) is 10.6. The van der Waals surface area contributed by atoms with Gasteiger partial charge in [0, 0.05) is 28.9 Å². The fourth-order valence-corrected chi connectivity index (χ4v) is 2.88. The highest BCUT2D eigenvalue weighted by molar-refractivity contribution is 7.11. The summed E-state index contributed by atoms with van der Waals surface area (Å²) >= 11 is 7.73. The Kier molecular flexibility index (Phi) is 4.52. The first-order valence-electron chi connectivity index (χ1n) is 5.75. The molecule has 6 heteroatoms. The van der Waals surface area contributed by atoms with Crippen LogP contribution in [-0.4, -0.2) is 4.92 Å². The van der Waals surface area contributed by atoms with E-state index >= 15 is 0 Å². The van der Waals surface area contributed by atoms with Gasteiger partial charge in [-0.25, -0.2) is 0 Å². The Bertz CT molecular complexity index is 598. The maximum absolute atomic E-state index is 10.9. The highest BCUT2D eigenvalue weighted by Gasteiger charge is 2.15. The zero-order valence-electron chi connectivity index (χ0n) is 10.4. The lowest BCUT2D eigenvalue weighted by Gasteiger charge is -2.06. The number of thiophene rings is 1. The second-order valence-corrected chi connectivity index (χ2v) is 5.89. The van der Waals surface area contributed by atoms with Crippen LogP contribution in [0.15, 0.2) is 30.3 Å². The van der Waals surface area contributed by atoms with E-state index in [4.69, 9.17) is 11.6 Å². The quantitative estimate of drug-likeness (QED) is 0.672. The average Bonchev–Trinajstić information content (AvgIpc) is 2.77. The fraction of sp³-hybridized carbons (Fsp3) is 0.231. The Morgan fingerprint density at radius 1 is 1.32 bits per heavy atom. The lowest BCUT2D eigenvalue weighted by molar-refractivity contribution is -0.385. The first-order valence-corrected chi connectivity index (χ1v) is 6.95. The van der Waals surface area contributed by atoms with E-state index < -0.39 is 4.92 Å². The van der Waals surface area contributed by atoms with Crippen molar-refractivity contribution >= 4 is 28.6 Å². The number of halogens is 1. The van der Waals surface area contributed by atoms with Crippen molar-refractivity contribution in [2.24, 2.45) is 0 Å². The van der Waals surface area contributed by atoms with E-state index in [9.17, 15) is 10.1 Å². The summed E-state index contributed by atoms with van der Waals surface area (Å²) in [5.41, 5.74) is 0.588. The van der Waals surface area contributed by atoms with Crippen molar-refractivity contribution in [2.45, 2.75) is 20.0 Å². The fourth-order valence-electron chi connectivity index (χ4n) is 1.78. The molecule has 0 aliphatic rings. The number of hydrogen-bond donors (Lipinski definition) is 1. The molecule has 0 saturated heterocycles. The average molecular weight is 297 g/mol. The number of nitrogens with zero attached hydrogens (tertiary/aromatic N) is 1. The van der Waals surface area contributed by atoms with Gasteiger partial charge in [0.1, 0.15) is 0 Å². The van der Waals surface area contributed by atoms with Crippen molar-refractivity contribution in [3.05, 3.63) is 60.8 Å². The second kappa shape index (κ2) is 6.14. The van der Waals surface area contributed by atoms with E-state index in [0.29, 0.717) is 23.7 Å². The van der Waals surface area contributed by atoms with Crippen LogP contribution in [-0.2, 0) is 13.1 Å². The molecule has 0 aliphatic carbocycles. The van der Waals surface area contributed by atoms with Crippen LogP contribution in [0.1, 0.15) is 15.3 Å². The molecule has 1 aromatic carbocycles. The van der Waals surface area contributed by atoms with Gasteiger partial charge in [-0.15, -0.1) is 11.3 Å². The zero-order chi connectivity index (χ0) is 13.8. The Labute approximate surface area is 120 Å². The van der Waals surface area contributed by atoms with Gasteiger partial charge in [-0.1, -0.05) is 17.7 Å². The van der Waals surface area contributed by atoms with Gasteiger partial charge < -0.3 is 5.32 Å². The molecule has 0 spiro atoms. The maximum Gasteiger partial charge on any atom is 0.275 e. The SMILES string of the molecule is Cc1ccc(CNCc2c(Cl)cccc2[N+](=O)[O-])s1. The minimum absolute atomic E-state index is 0.0577. The van der Waals surface area contributed by atoms with Gasteiger partial charge >= 0.3 is 0 Å². The van der Waals surface area contributed by atoms with E-state index in [0.717, 1.165) is 0 Å². The van der Waals surface area contributed by atoms with Crippen LogP contribution in [0, 0.1) is 17.0 Å². The van der Waals surface area contributed by atoms with Crippen LogP contribution in [0.5, 0.6) is 0 Å². The predicted octanol–water partition coefficient (Wildman–Crippen LogP) is 3.91. The van der Waals surface area contributed by atoms with Gasteiger partial charge in [0.25, 0.3) is 5.69 Å². The van der Waals surface area contributed by atoms with Gasteiger partial charge in [0.2, 0.25) is 0 Å². The Balaban J connectivity index is 2.05. The second-order valence-electron chi connectivity index (χ2n) is 4.11. The molecule has 19 heavy (non-hydrogen) atoms. The van der Waals surface area contributed by atoms with Gasteiger partial charge in [0.15, 0.2) is 0 Å². The first-order chi connectivity index (χ1) is 9.08. The van der Waals surface area contributed by atoms with Gasteiger partial charge in [-0.3, -0.25) is 10.1 Å². The number of aryl methyl sites for hydroxylation is 1. The molecule has 2 aromatic rings. The van der Waals surface area contributed by atoms with E-state index in [1.54, 1.807) is 23.5 Å². The molecular weight excluding hydrogens is 284 g/mol. The van der Waals surface area contributed by atoms with E-state index in [1.807, 2.05) is 13.0 Å². The number of nitro benzene ring substituents is 1. The molecule has 0 radical (unpaired) electrons. The summed E-state index contributed by atoms with van der Waals surface area (Å²) < 4.78 is 0. The van der Waals surface area contributed by atoms with Crippen molar-refractivity contribution in [1.82, 2.24) is 5.32 Å². The third kappa shape index (κ3) is 3.53. The van der Waals surface area contributed by atoms with Crippen LogP contribution in [0.2, 0.25) is 5.02 Å². The third-order valence-corrected chi connectivity index (χ3v) is 4.04. The minimum Gasteiger partial charge on any atom is -0.307 e. The molecule has 1 N–H and O–H groups in total. The van der Waals surface area contributed by atoms with Crippen LogP contribution >= 0.6 is 22.9 Å². The Morgan fingerprint density at radius 2 is 2.11 bits per heavy atom. The topological polar surface area (TPSA) is 55.2 Å². The lowest BCUT2D eigenvalue weighted by Crippen LogP contribution is -2.13. The molecule has 1 aromatic heterocycles. The monoisotopic (exact) mass is 296 g/mol. The van der Waals surface area contributed by atoms with E-state index in [2.05, 4.69) is 11.4 Å². The van der Waals surface area contributed by atoms with Crippen molar-refractivity contribution < 1.29 is 4.92 Å². The summed E-state index contributed by atoms with van der Waals surface area (Å²) in [7, 11) is 0. The summed E-state index contributed by atoms with van der Waals surface area (Å²) in [6.45, 7) is 3.11. The van der Waals surface area contributed by atoms with Crippen molar-refractivity contribution in [2.75, 3.05) is 0 Å². The highest BCUT2D eigenvalue weighted by atomic mass is 35.5. The maximum atomic E-state index is 10.9. The smallest absolute Gasteiger partial charge is 0.275 e. The molecular formula is C13H13ClN2O2S. The summed E-state index contributed by atoms with van der Waals surface area (Å²) in [6, 6.07) is 8.83. The third-order valence-electron chi connectivity index (χ3n) is 2.69. The molecule has 0 fully saturated rings. The number of benzene rings is 1. The molecule has 0 saturated carbocycles. The summed E-state index contributed by atoms with van der Waals surface area (Å²) in [5, 5.41) is 14.5. The van der Waals surface area contributed by atoms with Gasteiger partial charge in [0.05, 0.1) is 15.5 Å². The lowest BCUT2D eigenvalue weighted by atomic mass is 10.2.